The van der Waals surface area contributed by atoms with Gasteiger partial charge in [0.1, 0.15) is 5.75 Å². The highest BCUT2D eigenvalue weighted by molar-refractivity contribution is 7.89. The smallest absolute Gasteiger partial charge is 0.255 e. The number of benzene rings is 3. The van der Waals surface area contributed by atoms with Crippen molar-refractivity contribution >= 4 is 38.9 Å². The van der Waals surface area contributed by atoms with Crippen molar-refractivity contribution < 1.29 is 17.9 Å². The molecule has 0 radical (unpaired) electrons. The van der Waals surface area contributed by atoms with Crippen molar-refractivity contribution in [1.82, 2.24) is 4.31 Å². The Kier molecular flexibility index (Phi) is 8.42. The SMILES string of the molecule is CC[C@H](C)Oc1cccc(C(=O)Nc2cccc(Cl)c2N2CCN(S(=O)(=O)c3ccc(C)cc3)CC2)c1. The van der Waals surface area contributed by atoms with E-state index in [-0.39, 0.29) is 16.9 Å². The van der Waals surface area contributed by atoms with E-state index in [0.717, 1.165) is 12.0 Å². The van der Waals surface area contributed by atoms with Crippen LogP contribution in [0.4, 0.5) is 11.4 Å². The maximum atomic E-state index is 13.1. The van der Waals surface area contributed by atoms with Crippen LogP contribution in [0.25, 0.3) is 0 Å². The lowest BCUT2D eigenvalue weighted by Gasteiger charge is -2.36. The number of rotatable bonds is 8. The molecule has 3 aromatic rings. The topological polar surface area (TPSA) is 79.0 Å². The molecule has 1 saturated heterocycles. The molecule has 1 atom stereocenters. The molecule has 1 heterocycles. The number of para-hydroxylation sites is 1. The molecule has 0 aliphatic carbocycles. The predicted molar refractivity (Wildman–Crippen MR) is 148 cm³/mol. The Balaban J connectivity index is 1.49. The van der Waals surface area contributed by atoms with Gasteiger partial charge in [-0.15, -0.1) is 0 Å². The summed E-state index contributed by atoms with van der Waals surface area (Å²) in [6.45, 7) is 7.45. The van der Waals surface area contributed by atoms with Gasteiger partial charge in [0.15, 0.2) is 0 Å². The van der Waals surface area contributed by atoms with Crippen LogP contribution in [0.3, 0.4) is 0 Å². The number of sulfonamides is 1. The van der Waals surface area contributed by atoms with Gasteiger partial charge in [0.25, 0.3) is 5.91 Å². The number of carbonyl (C=O) groups is 1. The van der Waals surface area contributed by atoms with Gasteiger partial charge >= 0.3 is 0 Å². The molecule has 1 fully saturated rings. The minimum atomic E-state index is -3.58. The number of anilines is 2. The third-order valence-corrected chi connectivity index (χ3v) is 8.67. The van der Waals surface area contributed by atoms with Crippen LogP contribution in [-0.4, -0.2) is 50.9 Å². The highest BCUT2D eigenvalue weighted by Gasteiger charge is 2.30. The fourth-order valence-electron chi connectivity index (χ4n) is 4.17. The monoisotopic (exact) mass is 541 g/mol. The van der Waals surface area contributed by atoms with Gasteiger partial charge in [-0.25, -0.2) is 8.42 Å². The first kappa shape index (κ1) is 27.0. The van der Waals surface area contributed by atoms with Gasteiger partial charge in [-0.05, 0) is 62.7 Å². The van der Waals surface area contributed by atoms with E-state index < -0.39 is 10.0 Å². The first-order chi connectivity index (χ1) is 17.7. The Morgan fingerprint density at radius 3 is 2.38 bits per heavy atom. The molecule has 1 aliphatic rings. The summed E-state index contributed by atoms with van der Waals surface area (Å²) in [7, 11) is -3.58. The van der Waals surface area contributed by atoms with Crippen LogP contribution in [0.1, 0.15) is 36.2 Å². The zero-order chi connectivity index (χ0) is 26.6. The Labute approximate surface area is 224 Å². The van der Waals surface area contributed by atoms with Crippen molar-refractivity contribution in [2.24, 2.45) is 0 Å². The summed E-state index contributed by atoms with van der Waals surface area (Å²) in [6, 6.07) is 19.3. The Hall–Kier alpha value is -3.07. The van der Waals surface area contributed by atoms with Gasteiger partial charge in [-0.2, -0.15) is 4.31 Å². The zero-order valence-electron chi connectivity index (χ0n) is 21.3. The van der Waals surface area contributed by atoms with Gasteiger partial charge in [0, 0.05) is 31.7 Å². The lowest BCUT2D eigenvalue weighted by Crippen LogP contribution is -2.49. The van der Waals surface area contributed by atoms with Crippen LogP contribution < -0.4 is 15.0 Å². The van der Waals surface area contributed by atoms with Crippen molar-refractivity contribution in [3.63, 3.8) is 0 Å². The normalized spacial score (nSPS) is 15.3. The number of nitrogens with zero attached hydrogens (tertiary/aromatic N) is 2. The molecule has 0 aromatic heterocycles. The molecule has 0 spiro atoms. The van der Waals surface area contributed by atoms with Gasteiger partial charge in [-0.1, -0.05) is 48.4 Å². The number of halogens is 1. The molecule has 37 heavy (non-hydrogen) atoms. The van der Waals surface area contributed by atoms with Gasteiger partial charge < -0.3 is 15.0 Å². The lowest BCUT2D eigenvalue weighted by atomic mass is 10.1. The van der Waals surface area contributed by atoms with E-state index in [9.17, 15) is 13.2 Å². The molecule has 0 bridgehead atoms. The highest BCUT2D eigenvalue weighted by Crippen LogP contribution is 2.35. The van der Waals surface area contributed by atoms with Crippen LogP contribution in [0.5, 0.6) is 5.75 Å². The molecular weight excluding hydrogens is 510 g/mol. The summed E-state index contributed by atoms with van der Waals surface area (Å²) in [4.78, 5) is 15.4. The number of piperazine rings is 1. The minimum absolute atomic E-state index is 0.0475. The van der Waals surface area contributed by atoms with Gasteiger partial charge in [0.2, 0.25) is 10.0 Å². The number of ether oxygens (including phenoxy) is 1. The second-order valence-corrected chi connectivity index (χ2v) is 11.5. The number of amides is 1. The quantitative estimate of drug-likeness (QED) is 0.402. The zero-order valence-corrected chi connectivity index (χ0v) is 22.8. The van der Waals surface area contributed by atoms with E-state index >= 15 is 0 Å². The molecule has 0 saturated carbocycles. The molecule has 1 amide bonds. The van der Waals surface area contributed by atoms with E-state index in [1.54, 1.807) is 60.7 Å². The molecule has 7 nitrogen and oxygen atoms in total. The van der Waals surface area contributed by atoms with Crippen molar-refractivity contribution in [2.75, 3.05) is 36.4 Å². The Morgan fingerprint density at radius 1 is 1.03 bits per heavy atom. The van der Waals surface area contributed by atoms with Crippen LogP contribution in [0, 0.1) is 6.92 Å². The maximum Gasteiger partial charge on any atom is 0.255 e. The van der Waals surface area contributed by atoms with Crippen LogP contribution in [-0.2, 0) is 10.0 Å². The molecule has 4 rings (SSSR count). The highest BCUT2D eigenvalue weighted by atomic mass is 35.5. The molecule has 196 valence electrons. The lowest BCUT2D eigenvalue weighted by molar-refractivity contribution is 0.102. The number of carbonyl (C=O) groups excluding carboxylic acids is 1. The number of hydrogen-bond acceptors (Lipinski definition) is 5. The summed E-state index contributed by atoms with van der Waals surface area (Å²) in [5.41, 5.74) is 2.73. The first-order valence-electron chi connectivity index (χ1n) is 12.4. The molecule has 0 unspecified atom stereocenters. The second-order valence-electron chi connectivity index (χ2n) is 9.16. The predicted octanol–water partition coefficient (Wildman–Crippen LogP) is 5.59. The molecule has 1 N–H and O–H groups in total. The average molecular weight is 542 g/mol. The molecular formula is C28H32ClN3O4S. The summed E-state index contributed by atoms with van der Waals surface area (Å²) in [5.74, 6) is 0.359. The molecule has 9 heteroatoms. The van der Waals surface area contributed by atoms with E-state index in [2.05, 4.69) is 5.32 Å². The maximum absolute atomic E-state index is 13.1. The van der Waals surface area contributed by atoms with Crippen LogP contribution in [0.2, 0.25) is 5.02 Å². The van der Waals surface area contributed by atoms with Gasteiger partial charge in [-0.3, -0.25) is 4.79 Å². The van der Waals surface area contributed by atoms with Crippen molar-refractivity contribution in [2.45, 2.75) is 38.2 Å². The number of hydrogen-bond donors (Lipinski definition) is 1. The average Bonchev–Trinajstić information content (AvgIpc) is 2.89. The molecule has 1 aliphatic heterocycles. The fraction of sp³-hybridized carbons (Fsp3) is 0.321. The molecule has 3 aromatic carbocycles. The summed E-state index contributed by atoms with van der Waals surface area (Å²) in [5, 5.41) is 3.47. The number of nitrogens with one attached hydrogen (secondary N) is 1. The van der Waals surface area contributed by atoms with E-state index in [4.69, 9.17) is 16.3 Å². The third-order valence-electron chi connectivity index (χ3n) is 6.46. The van der Waals surface area contributed by atoms with Gasteiger partial charge in [0.05, 0.1) is 27.4 Å². The Bertz CT molecular complexity index is 1350. The van der Waals surface area contributed by atoms with E-state index in [1.807, 2.05) is 31.7 Å². The first-order valence-corrected chi connectivity index (χ1v) is 14.2. The van der Waals surface area contributed by atoms with Crippen molar-refractivity contribution in [3.05, 3.63) is 82.9 Å². The van der Waals surface area contributed by atoms with Crippen molar-refractivity contribution in [1.29, 1.82) is 0 Å². The van der Waals surface area contributed by atoms with E-state index in [1.165, 1.54) is 4.31 Å². The Morgan fingerprint density at radius 2 is 1.70 bits per heavy atom. The second kappa shape index (κ2) is 11.5. The fourth-order valence-corrected chi connectivity index (χ4v) is 5.89. The minimum Gasteiger partial charge on any atom is -0.491 e. The van der Waals surface area contributed by atoms with Crippen molar-refractivity contribution in [3.8, 4) is 5.75 Å². The third kappa shape index (κ3) is 6.26. The summed E-state index contributed by atoms with van der Waals surface area (Å²) < 4.78 is 33.6. The largest absolute Gasteiger partial charge is 0.491 e. The summed E-state index contributed by atoms with van der Waals surface area (Å²) >= 11 is 6.58. The standard InChI is InChI=1S/C28H32ClN3O4S/c1-4-21(3)36-23-8-5-7-22(19-23)28(33)30-26-10-6-9-25(29)27(26)31-15-17-32(18-16-31)37(34,35)24-13-11-20(2)12-14-24/h5-14,19,21H,4,15-18H2,1-3H3,(H,30,33)/t21-/m0/s1. The van der Waals surface area contributed by atoms with Crippen LogP contribution >= 0.6 is 11.6 Å². The van der Waals surface area contributed by atoms with E-state index in [0.29, 0.717) is 53.9 Å². The van der Waals surface area contributed by atoms with Crippen LogP contribution in [0.15, 0.2) is 71.6 Å². The summed E-state index contributed by atoms with van der Waals surface area (Å²) in [6.07, 6.45) is 0.911. The number of aryl methyl sites for hydroxylation is 1.